The number of unbranched alkanes of at least 4 members (excludes halogenated alkanes) is 1. The maximum absolute atomic E-state index is 12.8. The quantitative estimate of drug-likeness (QED) is 0.171. The van der Waals surface area contributed by atoms with Gasteiger partial charge in [0, 0.05) is 42.8 Å². The number of benzene rings is 2. The smallest absolute Gasteiger partial charge is 0.248 e. The van der Waals surface area contributed by atoms with Crippen LogP contribution in [0.2, 0.25) is 5.02 Å². The molecule has 214 valence electrons. The molecule has 10 heteroatoms. The lowest BCUT2D eigenvalue weighted by Crippen LogP contribution is -2.42. The molecule has 0 aliphatic carbocycles. The molecule has 0 radical (unpaired) electrons. The normalized spacial score (nSPS) is 14.8. The van der Waals surface area contributed by atoms with Gasteiger partial charge in [-0.2, -0.15) is 0 Å². The number of morpholine rings is 1. The van der Waals surface area contributed by atoms with Crippen molar-refractivity contribution in [2.45, 2.75) is 38.8 Å². The monoisotopic (exact) mass is 591 g/mol. The Morgan fingerprint density at radius 2 is 2.02 bits per heavy atom. The second-order valence-corrected chi connectivity index (χ2v) is 11.2. The molecule has 1 atom stereocenters. The Morgan fingerprint density at radius 1 is 1.17 bits per heavy atom. The summed E-state index contributed by atoms with van der Waals surface area (Å²) < 4.78 is 12.3. The van der Waals surface area contributed by atoms with Gasteiger partial charge in [0.1, 0.15) is 12.4 Å². The highest BCUT2D eigenvalue weighted by molar-refractivity contribution is 7.22. The zero-order chi connectivity index (χ0) is 28.4. The number of nitrogens with one attached hydrogen (secondary N) is 2. The van der Waals surface area contributed by atoms with E-state index in [1.807, 2.05) is 60.7 Å². The number of fused-ring (bicyclic) bond motifs is 1. The van der Waals surface area contributed by atoms with Crippen molar-refractivity contribution in [1.29, 1.82) is 0 Å². The first kappa shape index (κ1) is 29.0. The Labute approximate surface area is 249 Å². The fourth-order valence-electron chi connectivity index (χ4n) is 4.62. The van der Waals surface area contributed by atoms with E-state index in [0.717, 1.165) is 78.0 Å². The number of hydrogen-bond acceptors (Lipinski definition) is 8. The van der Waals surface area contributed by atoms with Gasteiger partial charge in [0.05, 0.1) is 34.1 Å². The van der Waals surface area contributed by atoms with Gasteiger partial charge in [0.15, 0.2) is 5.13 Å². The van der Waals surface area contributed by atoms with Crippen molar-refractivity contribution in [3.63, 3.8) is 0 Å². The van der Waals surface area contributed by atoms with Crippen LogP contribution >= 0.6 is 22.9 Å². The first-order chi connectivity index (χ1) is 20.1. The Kier molecular flexibility index (Phi) is 10.2. The van der Waals surface area contributed by atoms with Crippen LogP contribution in [0, 0.1) is 0 Å². The number of carbonyl (C=O) groups is 1. The molecule has 0 saturated carbocycles. The third kappa shape index (κ3) is 8.27. The van der Waals surface area contributed by atoms with Crippen molar-refractivity contribution in [3.05, 3.63) is 83.7 Å². The van der Waals surface area contributed by atoms with Gasteiger partial charge in [0.25, 0.3) is 0 Å². The van der Waals surface area contributed by atoms with E-state index in [0.29, 0.717) is 17.4 Å². The van der Waals surface area contributed by atoms with Crippen LogP contribution in [0.15, 0.2) is 72.9 Å². The summed E-state index contributed by atoms with van der Waals surface area (Å²) in [5.74, 6) is 0.449. The van der Waals surface area contributed by atoms with Crippen LogP contribution in [0.1, 0.15) is 31.9 Å². The molecule has 1 aliphatic rings. The minimum Gasteiger partial charge on any atom is -0.486 e. The lowest BCUT2D eigenvalue weighted by molar-refractivity contribution is -0.111. The number of aromatic nitrogens is 2. The number of halogens is 1. The van der Waals surface area contributed by atoms with Crippen LogP contribution in [0.5, 0.6) is 5.75 Å². The number of rotatable bonds is 12. The van der Waals surface area contributed by atoms with Crippen molar-refractivity contribution in [2.75, 3.05) is 36.9 Å². The third-order valence-corrected chi connectivity index (χ3v) is 8.01. The average Bonchev–Trinajstić information content (AvgIpc) is 3.39. The van der Waals surface area contributed by atoms with Crippen molar-refractivity contribution in [3.8, 4) is 5.75 Å². The minimum absolute atomic E-state index is 0.137. The third-order valence-electron chi connectivity index (χ3n) is 6.78. The number of carbonyl (C=O) groups excluding carboxylic acids is 1. The topological polar surface area (TPSA) is 88.6 Å². The van der Waals surface area contributed by atoms with Crippen LogP contribution in [0.25, 0.3) is 10.2 Å². The number of pyridine rings is 1. The Hall–Kier alpha value is -3.50. The van der Waals surface area contributed by atoms with Gasteiger partial charge < -0.3 is 20.1 Å². The molecular weight excluding hydrogens is 558 g/mol. The summed E-state index contributed by atoms with van der Waals surface area (Å²) in [5.41, 5.74) is 3.21. The molecule has 1 fully saturated rings. The second-order valence-electron chi connectivity index (χ2n) is 9.79. The molecule has 3 heterocycles. The molecule has 0 bridgehead atoms. The van der Waals surface area contributed by atoms with E-state index < -0.39 is 0 Å². The van der Waals surface area contributed by atoms with E-state index >= 15 is 0 Å². The number of nitrogens with zero attached hydrogens (tertiary/aromatic N) is 3. The van der Waals surface area contributed by atoms with Crippen LogP contribution in [-0.2, 0) is 16.1 Å². The van der Waals surface area contributed by atoms with E-state index in [9.17, 15) is 4.79 Å². The zero-order valence-electron chi connectivity index (χ0n) is 23.0. The van der Waals surface area contributed by atoms with Gasteiger partial charge >= 0.3 is 0 Å². The van der Waals surface area contributed by atoms with Gasteiger partial charge in [-0.1, -0.05) is 54.8 Å². The summed E-state index contributed by atoms with van der Waals surface area (Å²) >= 11 is 7.97. The summed E-state index contributed by atoms with van der Waals surface area (Å²) in [5, 5.41) is 7.54. The van der Waals surface area contributed by atoms with Gasteiger partial charge in [0.2, 0.25) is 5.91 Å². The summed E-state index contributed by atoms with van der Waals surface area (Å²) in [6.07, 6.45) is 8.72. The SMILES string of the molecule is CCCCC(/C=C/C(=O)Nc1ccc2nc(Nc3ccc(OCc4ccccn4)c(Cl)c3)sc2c1)N1CCOCC1. The van der Waals surface area contributed by atoms with Crippen molar-refractivity contribution < 1.29 is 14.3 Å². The average molecular weight is 592 g/mol. The van der Waals surface area contributed by atoms with E-state index in [-0.39, 0.29) is 11.9 Å². The molecule has 5 rings (SSSR count). The number of amides is 1. The van der Waals surface area contributed by atoms with Crippen LogP contribution in [0.3, 0.4) is 0 Å². The lowest BCUT2D eigenvalue weighted by Gasteiger charge is -2.32. The highest BCUT2D eigenvalue weighted by Gasteiger charge is 2.18. The molecule has 0 spiro atoms. The fourth-order valence-corrected chi connectivity index (χ4v) is 5.78. The maximum Gasteiger partial charge on any atom is 0.248 e. The number of thiazole rings is 1. The molecule has 4 aromatic rings. The van der Waals surface area contributed by atoms with Crippen molar-refractivity contribution in [1.82, 2.24) is 14.9 Å². The summed E-state index contributed by atoms with van der Waals surface area (Å²) in [6, 6.07) is 17.2. The second kappa shape index (κ2) is 14.4. The standard InChI is InChI=1S/C31H34ClN5O3S/c1-2-3-7-25(37-15-17-39-18-16-37)10-13-30(38)34-23-8-11-27-29(20-23)41-31(36-27)35-22-9-12-28(26(32)19-22)40-21-24-6-4-5-14-33-24/h4-6,8-14,19-20,25H,2-3,7,15-18,21H2,1H3,(H,34,38)(H,35,36)/b13-10+. The highest BCUT2D eigenvalue weighted by atomic mass is 35.5. The van der Waals surface area contributed by atoms with E-state index in [4.69, 9.17) is 21.1 Å². The van der Waals surface area contributed by atoms with Crippen LogP contribution in [-0.4, -0.2) is 53.1 Å². The summed E-state index contributed by atoms with van der Waals surface area (Å²) in [4.78, 5) is 24.1. The van der Waals surface area contributed by atoms with E-state index in [1.54, 1.807) is 12.3 Å². The number of anilines is 3. The summed E-state index contributed by atoms with van der Waals surface area (Å²) in [6.45, 7) is 5.81. The van der Waals surface area contributed by atoms with Gasteiger partial charge in [-0.3, -0.25) is 14.7 Å². The summed E-state index contributed by atoms with van der Waals surface area (Å²) in [7, 11) is 0. The fraction of sp³-hybridized carbons (Fsp3) is 0.323. The molecule has 1 saturated heterocycles. The van der Waals surface area contributed by atoms with Crippen molar-refractivity contribution in [2.24, 2.45) is 0 Å². The molecule has 41 heavy (non-hydrogen) atoms. The zero-order valence-corrected chi connectivity index (χ0v) is 24.6. The van der Waals surface area contributed by atoms with E-state index in [1.165, 1.54) is 11.3 Å². The first-order valence-electron chi connectivity index (χ1n) is 13.9. The number of hydrogen-bond donors (Lipinski definition) is 2. The van der Waals surface area contributed by atoms with Crippen molar-refractivity contribution >= 4 is 55.6 Å². The molecule has 1 unspecified atom stereocenters. The minimum atomic E-state index is -0.137. The Bertz CT molecular complexity index is 1470. The Morgan fingerprint density at radius 3 is 2.80 bits per heavy atom. The predicted molar refractivity (Wildman–Crippen MR) is 166 cm³/mol. The molecule has 8 nitrogen and oxygen atoms in total. The molecular formula is C31H34ClN5O3S. The van der Waals surface area contributed by atoms with Crippen LogP contribution < -0.4 is 15.4 Å². The predicted octanol–water partition coefficient (Wildman–Crippen LogP) is 7.05. The van der Waals surface area contributed by atoms with E-state index in [2.05, 4.69) is 32.4 Å². The molecule has 2 aromatic carbocycles. The Balaban J connectivity index is 1.19. The van der Waals surface area contributed by atoms with Gasteiger partial charge in [-0.05, 0) is 55.0 Å². The molecule has 2 N–H and O–H groups in total. The molecule has 2 aromatic heterocycles. The maximum atomic E-state index is 12.8. The van der Waals surface area contributed by atoms with Gasteiger partial charge in [-0.25, -0.2) is 4.98 Å². The molecule has 1 aliphatic heterocycles. The number of ether oxygens (including phenoxy) is 2. The first-order valence-corrected chi connectivity index (χ1v) is 15.1. The molecule has 1 amide bonds. The highest BCUT2D eigenvalue weighted by Crippen LogP contribution is 2.33. The van der Waals surface area contributed by atoms with Gasteiger partial charge in [-0.15, -0.1) is 0 Å². The lowest BCUT2D eigenvalue weighted by atomic mass is 10.1. The van der Waals surface area contributed by atoms with Crippen LogP contribution in [0.4, 0.5) is 16.5 Å². The largest absolute Gasteiger partial charge is 0.486 e.